The fourth-order valence-electron chi connectivity index (χ4n) is 2.66. The van der Waals surface area contributed by atoms with Gasteiger partial charge >= 0.3 is 146 Å². The molecule has 1 nitrogen and oxygen atoms in total. The summed E-state index contributed by atoms with van der Waals surface area (Å²) in [6, 6.07) is 32.3. The molecule has 0 aromatic heterocycles. The predicted octanol–water partition coefficient (Wildman–Crippen LogP) is 4.00. The number of hydrogen-bond donors (Lipinski definition) is 1. The molecule has 3 rings (SSSR count). The average molecular weight is 384 g/mol. The average Bonchev–Trinajstić information content (AvgIpc) is 2.64. The fraction of sp³-hybridized carbons (Fsp3) is 0.100. The van der Waals surface area contributed by atoms with Gasteiger partial charge in [0.25, 0.3) is 0 Å². The molecule has 0 aliphatic rings. The normalized spacial score (nSPS) is 12.7. The Morgan fingerprint density at radius 2 is 1.09 bits per heavy atom. The van der Waals surface area contributed by atoms with E-state index in [2.05, 4.69) is 118 Å². The molecule has 0 bridgehead atoms. The predicted molar refractivity (Wildman–Crippen MR) is 103 cm³/mol. The summed E-state index contributed by atoms with van der Waals surface area (Å²) < 4.78 is 0. The molecule has 0 aliphatic carbocycles. The van der Waals surface area contributed by atoms with Gasteiger partial charge in [-0.3, -0.25) is 0 Å². The fourth-order valence-corrected chi connectivity index (χ4v) is 7.67. The van der Waals surface area contributed by atoms with Crippen LogP contribution >= 0.6 is 5.66 Å². The van der Waals surface area contributed by atoms with Crippen molar-refractivity contribution in [3.05, 3.63) is 96.6 Å². The molecule has 3 aromatic rings. The number of nitrogens with one attached hydrogen (secondary N) is 1. The number of hydrogen-bond acceptors (Lipinski definition) is 1. The first-order valence-corrected chi connectivity index (χ1v) is 11.7. The van der Waals surface area contributed by atoms with Crippen LogP contribution in [0.5, 0.6) is 0 Å². The zero-order chi connectivity index (χ0) is 16.1. The Morgan fingerprint density at radius 3 is 1.52 bits per heavy atom. The molecule has 0 heterocycles. The van der Waals surface area contributed by atoms with E-state index in [1.54, 1.807) is 0 Å². The second-order valence-corrected chi connectivity index (χ2v) is 11.5. The Balaban J connectivity index is 2.02. The summed E-state index contributed by atoms with van der Waals surface area (Å²) in [5.41, 5.74) is -0.466. The van der Waals surface area contributed by atoms with Crippen LogP contribution in [0.25, 0.3) is 0 Å². The van der Waals surface area contributed by atoms with Crippen molar-refractivity contribution in [2.75, 3.05) is 0 Å². The monoisotopic (exact) mass is 385 g/mol. The van der Waals surface area contributed by atoms with E-state index in [0.29, 0.717) is 0 Å². The molecule has 0 amide bonds. The summed E-state index contributed by atoms with van der Waals surface area (Å²) in [5.74, 6) is 0. The van der Waals surface area contributed by atoms with Crippen LogP contribution in [0.4, 0.5) is 0 Å². The Kier molecular flexibility index (Phi) is 5.30. The Labute approximate surface area is 146 Å². The Bertz CT molecular complexity index is 744. The molecule has 0 spiro atoms. The van der Waals surface area contributed by atoms with Crippen LogP contribution in [0, 0.1) is 0 Å². The van der Waals surface area contributed by atoms with Crippen molar-refractivity contribution in [1.82, 2.24) is 5.09 Å². The third kappa shape index (κ3) is 3.74. The van der Waals surface area contributed by atoms with Crippen LogP contribution in [0.15, 0.2) is 91.0 Å². The Hall–Kier alpha value is -1.43. The number of rotatable bonds is 5. The van der Waals surface area contributed by atoms with Crippen LogP contribution in [0.3, 0.4) is 0 Å². The van der Waals surface area contributed by atoms with Crippen LogP contribution in [0.2, 0.25) is 0 Å². The third-order valence-corrected chi connectivity index (χ3v) is 10.0. The van der Waals surface area contributed by atoms with Gasteiger partial charge in [-0.2, -0.15) is 0 Å². The molecule has 3 heteroatoms. The first-order chi connectivity index (χ1) is 11.2. The maximum atomic E-state index is 3.90. The summed E-state index contributed by atoms with van der Waals surface area (Å²) in [7, 11) is 0. The van der Waals surface area contributed by atoms with Crippen molar-refractivity contribution in [2.24, 2.45) is 0 Å². The summed E-state index contributed by atoms with van der Waals surface area (Å²) in [6.45, 7) is 2.23. The first kappa shape index (κ1) is 16.4. The topological polar surface area (TPSA) is 12.0 Å². The van der Waals surface area contributed by atoms with E-state index in [0.717, 1.165) is 0 Å². The molecule has 0 unspecified atom stereocenters. The van der Waals surface area contributed by atoms with Crippen molar-refractivity contribution in [3.8, 4) is 0 Å². The van der Waals surface area contributed by atoms with Gasteiger partial charge < -0.3 is 0 Å². The second kappa shape index (κ2) is 7.43. The first-order valence-electron chi connectivity index (χ1n) is 7.74. The maximum absolute atomic E-state index is 3.90. The van der Waals surface area contributed by atoms with Crippen LogP contribution in [-0.2, 0) is 0 Å². The second-order valence-electron chi connectivity index (χ2n) is 5.54. The zero-order valence-corrected chi connectivity index (χ0v) is 15.7. The molecule has 3 aromatic carbocycles. The van der Waals surface area contributed by atoms with Gasteiger partial charge in [-0.1, -0.05) is 0 Å². The van der Waals surface area contributed by atoms with Crippen LogP contribution in [-0.4, -0.2) is 15.1 Å². The van der Waals surface area contributed by atoms with Crippen LogP contribution < -0.4 is 15.7 Å². The molecule has 116 valence electrons. The zero-order valence-electron chi connectivity index (χ0n) is 13.1. The van der Waals surface area contributed by atoms with Gasteiger partial charge in [0, 0.05) is 0 Å². The van der Waals surface area contributed by atoms with Crippen molar-refractivity contribution in [3.63, 3.8) is 0 Å². The quantitative estimate of drug-likeness (QED) is 0.518. The molecule has 0 fully saturated rings. The van der Waals surface area contributed by atoms with Gasteiger partial charge in [0.1, 0.15) is 0 Å². The molecule has 0 saturated heterocycles. The van der Waals surface area contributed by atoms with Gasteiger partial charge in [0.15, 0.2) is 0 Å². The van der Waals surface area contributed by atoms with E-state index in [1.165, 1.54) is 16.2 Å². The van der Waals surface area contributed by atoms with Gasteiger partial charge in [-0.25, -0.2) is 0 Å². The third-order valence-electron chi connectivity index (χ3n) is 3.91. The minimum absolute atomic E-state index is 0.270. The van der Waals surface area contributed by atoms with E-state index in [4.69, 9.17) is 0 Å². The van der Waals surface area contributed by atoms with E-state index in [-0.39, 0.29) is 6.04 Å². The molecule has 0 saturated carbocycles. The van der Waals surface area contributed by atoms with E-state index >= 15 is 0 Å². The summed E-state index contributed by atoms with van der Waals surface area (Å²) in [6.07, 6.45) is 0. The molecule has 1 N–H and O–H groups in total. The van der Waals surface area contributed by atoms with Gasteiger partial charge in [0.2, 0.25) is 0 Å². The van der Waals surface area contributed by atoms with Crippen molar-refractivity contribution in [2.45, 2.75) is 13.0 Å². The molecular formula is C20H20NPSe. The SMILES string of the molecule is C[C@@H](NP(=[Se])(c1ccccc1)c1ccccc1)c1ccccc1. The molecule has 0 radical (unpaired) electrons. The molecule has 0 aliphatic heterocycles. The Morgan fingerprint density at radius 1 is 0.696 bits per heavy atom. The van der Waals surface area contributed by atoms with E-state index < -0.39 is 5.66 Å². The van der Waals surface area contributed by atoms with Crippen LogP contribution in [0.1, 0.15) is 18.5 Å². The molecular weight excluding hydrogens is 364 g/mol. The summed E-state index contributed by atoms with van der Waals surface area (Å²) in [4.78, 5) is 0. The van der Waals surface area contributed by atoms with Gasteiger partial charge in [-0.05, 0) is 0 Å². The van der Waals surface area contributed by atoms with E-state index in [9.17, 15) is 0 Å². The van der Waals surface area contributed by atoms with E-state index in [1.807, 2.05) is 0 Å². The number of benzene rings is 3. The van der Waals surface area contributed by atoms with Crippen molar-refractivity contribution < 1.29 is 0 Å². The standard InChI is InChI=1S/C20H20NPSe/c1-17(18-11-5-2-6-12-18)21-22(23,19-13-7-3-8-14-19)20-15-9-4-10-16-20/h2-17H,1H3,(H,21,23)/t17-/m1/s1. The molecule has 23 heavy (non-hydrogen) atoms. The summed E-state index contributed by atoms with van der Waals surface area (Å²) >= 11 is 3.52. The van der Waals surface area contributed by atoms with Gasteiger partial charge in [0.05, 0.1) is 0 Å². The minimum atomic E-state index is -1.77. The molecule has 1 atom stereocenters. The van der Waals surface area contributed by atoms with Gasteiger partial charge in [-0.15, -0.1) is 0 Å². The summed E-state index contributed by atoms with van der Waals surface area (Å²) in [5, 5.41) is 6.55. The van der Waals surface area contributed by atoms with Crippen molar-refractivity contribution in [1.29, 1.82) is 0 Å². The van der Waals surface area contributed by atoms with Crippen molar-refractivity contribution >= 4 is 31.4 Å².